The summed E-state index contributed by atoms with van der Waals surface area (Å²) in [5.41, 5.74) is 3.98. The minimum atomic E-state index is -0.384. The highest BCUT2D eigenvalue weighted by molar-refractivity contribution is 8.00. The largest absolute Gasteiger partial charge is 0.360 e. The number of aryl methyl sites for hydroxylation is 1. The number of fused-ring (bicyclic) bond motifs is 1. The maximum absolute atomic E-state index is 13.8. The standard InChI is InChI=1S/C24H24N4OS/c1-3-15-10-7-11-18-19(14-25-20(15)18)21(29)22(16-8-5-4-6-9-16)30-24-27-26-23(28(24)2)17-12-13-17/h4-11,14,17,22,25H,3,12-13H2,1-2H3/t22-/m1/s1. The van der Waals surface area contributed by atoms with Crippen LogP contribution in [0.1, 0.15) is 58.2 Å². The van der Waals surface area contributed by atoms with E-state index in [9.17, 15) is 4.79 Å². The van der Waals surface area contributed by atoms with E-state index in [4.69, 9.17) is 0 Å². The summed E-state index contributed by atoms with van der Waals surface area (Å²) in [5.74, 6) is 1.63. The Bertz CT molecular complexity index is 1210. The van der Waals surface area contributed by atoms with Gasteiger partial charge in [-0.25, -0.2) is 0 Å². The molecule has 2 aromatic heterocycles. The Labute approximate surface area is 179 Å². The fraction of sp³-hybridized carbons (Fsp3) is 0.292. The molecule has 1 atom stereocenters. The Morgan fingerprint density at radius 3 is 2.70 bits per heavy atom. The summed E-state index contributed by atoms with van der Waals surface area (Å²) >= 11 is 1.49. The van der Waals surface area contributed by atoms with Crippen LogP contribution in [0.25, 0.3) is 10.9 Å². The summed E-state index contributed by atoms with van der Waals surface area (Å²) < 4.78 is 2.05. The Morgan fingerprint density at radius 2 is 1.97 bits per heavy atom. The summed E-state index contributed by atoms with van der Waals surface area (Å²) in [6.45, 7) is 2.13. The molecule has 2 heterocycles. The lowest BCUT2D eigenvalue weighted by molar-refractivity contribution is 0.0991. The van der Waals surface area contributed by atoms with Crippen molar-refractivity contribution >= 4 is 28.4 Å². The first-order valence-electron chi connectivity index (χ1n) is 10.4. The van der Waals surface area contributed by atoms with Crippen LogP contribution in [0, 0.1) is 0 Å². The highest BCUT2D eigenvalue weighted by atomic mass is 32.2. The lowest BCUT2D eigenvalue weighted by atomic mass is 10.0. The van der Waals surface area contributed by atoms with Crippen molar-refractivity contribution in [2.45, 2.75) is 42.5 Å². The molecule has 5 nitrogen and oxygen atoms in total. The van der Waals surface area contributed by atoms with Gasteiger partial charge in [0, 0.05) is 35.6 Å². The number of aromatic nitrogens is 4. The third-order valence-corrected chi connectivity index (χ3v) is 7.11. The molecule has 152 valence electrons. The summed E-state index contributed by atoms with van der Waals surface area (Å²) in [7, 11) is 2.00. The number of aromatic amines is 1. The van der Waals surface area contributed by atoms with E-state index in [1.165, 1.54) is 30.2 Å². The Hall–Kier alpha value is -2.86. The fourth-order valence-corrected chi connectivity index (χ4v) is 5.07. The molecule has 1 fully saturated rings. The van der Waals surface area contributed by atoms with Crippen LogP contribution in [0.2, 0.25) is 0 Å². The molecule has 0 amide bonds. The van der Waals surface area contributed by atoms with Gasteiger partial charge in [0.25, 0.3) is 0 Å². The van der Waals surface area contributed by atoms with Crippen molar-refractivity contribution in [2.24, 2.45) is 7.05 Å². The number of benzene rings is 2. The highest BCUT2D eigenvalue weighted by Crippen LogP contribution is 2.42. The number of Topliss-reactive ketones (excluding diaryl/α,β-unsaturated/α-hetero) is 1. The van der Waals surface area contributed by atoms with Gasteiger partial charge in [0.15, 0.2) is 10.9 Å². The second-order valence-electron chi connectivity index (χ2n) is 7.84. The number of nitrogens with zero attached hydrogens (tertiary/aromatic N) is 3. The van der Waals surface area contributed by atoms with Crippen LogP contribution in [0.5, 0.6) is 0 Å². The molecular formula is C24H24N4OS. The maximum atomic E-state index is 13.8. The molecule has 6 heteroatoms. The third kappa shape index (κ3) is 3.35. The normalized spacial score (nSPS) is 14.9. The molecule has 1 N–H and O–H groups in total. The topological polar surface area (TPSA) is 63.6 Å². The Balaban J connectivity index is 1.55. The summed E-state index contributed by atoms with van der Waals surface area (Å²) in [6, 6.07) is 16.1. The monoisotopic (exact) mass is 416 g/mol. The number of para-hydroxylation sites is 1. The summed E-state index contributed by atoms with van der Waals surface area (Å²) in [5, 5.41) is 10.2. The molecule has 4 aromatic rings. The molecule has 1 saturated carbocycles. The van der Waals surface area contributed by atoms with Crippen LogP contribution in [0.4, 0.5) is 0 Å². The number of thioether (sulfide) groups is 1. The first kappa shape index (κ1) is 19.1. The number of carbonyl (C=O) groups excluding carboxylic acids is 1. The van der Waals surface area contributed by atoms with Crippen molar-refractivity contribution in [1.29, 1.82) is 0 Å². The van der Waals surface area contributed by atoms with Gasteiger partial charge in [-0.3, -0.25) is 4.79 Å². The summed E-state index contributed by atoms with van der Waals surface area (Å²) in [4.78, 5) is 17.1. The minimum Gasteiger partial charge on any atom is -0.360 e. The van der Waals surface area contributed by atoms with Gasteiger partial charge in [0.2, 0.25) is 0 Å². The first-order valence-corrected chi connectivity index (χ1v) is 11.3. The van der Waals surface area contributed by atoms with Crippen molar-refractivity contribution in [2.75, 3.05) is 0 Å². The lowest BCUT2D eigenvalue weighted by Crippen LogP contribution is -2.11. The van der Waals surface area contributed by atoms with Gasteiger partial charge in [-0.05, 0) is 30.4 Å². The molecule has 0 radical (unpaired) electrons. The predicted octanol–water partition coefficient (Wildman–Crippen LogP) is 5.45. The van der Waals surface area contributed by atoms with Gasteiger partial charge in [-0.15, -0.1) is 10.2 Å². The van der Waals surface area contributed by atoms with Crippen LogP contribution in [0.3, 0.4) is 0 Å². The maximum Gasteiger partial charge on any atom is 0.192 e. The SMILES string of the molecule is CCc1cccc2c(C(=O)[C@H](Sc3nnc(C4CC4)n3C)c3ccccc3)c[nH]c12. The second-order valence-corrected chi connectivity index (χ2v) is 8.91. The van der Waals surface area contributed by atoms with Crippen molar-refractivity contribution in [3.05, 3.63) is 77.2 Å². The molecule has 0 bridgehead atoms. The molecule has 2 aromatic carbocycles. The molecular weight excluding hydrogens is 392 g/mol. The molecule has 0 aliphatic heterocycles. The number of rotatable bonds is 7. The second kappa shape index (κ2) is 7.76. The zero-order chi connectivity index (χ0) is 20.7. The minimum absolute atomic E-state index is 0.0849. The number of hydrogen-bond donors (Lipinski definition) is 1. The van der Waals surface area contributed by atoms with E-state index in [0.29, 0.717) is 5.92 Å². The van der Waals surface area contributed by atoms with E-state index >= 15 is 0 Å². The zero-order valence-corrected chi connectivity index (χ0v) is 17.9. The zero-order valence-electron chi connectivity index (χ0n) is 17.1. The van der Waals surface area contributed by atoms with Gasteiger partial charge < -0.3 is 9.55 Å². The number of ketones is 1. The number of carbonyl (C=O) groups is 1. The van der Waals surface area contributed by atoms with Gasteiger partial charge >= 0.3 is 0 Å². The Morgan fingerprint density at radius 1 is 1.17 bits per heavy atom. The lowest BCUT2D eigenvalue weighted by Gasteiger charge is -2.15. The molecule has 0 unspecified atom stereocenters. The van der Waals surface area contributed by atoms with Crippen molar-refractivity contribution < 1.29 is 4.79 Å². The first-order chi connectivity index (χ1) is 14.7. The van der Waals surface area contributed by atoms with E-state index in [-0.39, 0.29) is 11.0 Å². The molecule has 5 rings (SSSR count). The van der Waals surface area contributed by atoms with E-state index in [2.05, 4.69) is 32.7 Å². The number of H-pyrrole nitrogens is 1. The van der Waals surface area contributed by atoms with Crippen molar-refractivity contribution in [3.8, 4) is 0 Å². The predicted molar refractivity (Wildman–Crippen MR) is 120 cm³/mol. The third-order valence-electron chi connectivity index (χ3n) is 5.82. The number of hydrogen-bond acceptors (Lipinski definition) is 4. The summed E-state index contributed by atoms with van der Waals surface area (Å²) in [6.07, 6.45) is 5.12. The van der Waals surface area contributed by atoms with Gasteiger partial charge in [-0.2, -0.15) is 0 Å². The van der Waals surface area contributed by atoms with Gasteiger partial charge in [-0.1, -0.05) is 67.2 Å². The Kier molecular flexibility index (Phi) is 4.95. The van der Waals surface area contributed by atoms with Crippen LogP contribution in [0.15, 0.2) is 59.9 Å². The van der Waals surface area contributed by atoms with Gasteiger partial charge in [0.1, 0.15) is 11.1 Å². The quantitative estimate of drug-likeness (QED) is 0.321. The highest BCUT2D eigenvalue weighted by Gasteiger charge is 2.32. The average molecular weight is 417 g/mol. The molecule has 1 aliphatic carbocycles. The molecule has 0 saturated heterocycles. The van der Waals surface area contributed by atoms with Crippen LogP contribution < -0.4 is 0 Å². The van der Waals surface area contributed by atoms with Gasteiger partial charge in [0.05, 0.1) is 0 Å². The van der Waals surface area contributed by atoms with Crippen LogP contribution in [-0.2, 0) is 13.5 Å². The van der Waals surface area contributed by atoms with Crippen LogP contribution >= 0.6 is 11.8 Å². The molecule has 0 spiro atoms. The van der Waals surface area contributed by atoms with E-state index in [1.807, 2.05) is 55.7 Å². The van der Waals surface area contributed by atoms with Crippen molar-refractivity contribution in [3.63, 3.8) is 0 Å². The van der Waals surface area contributed by atoms with E-state index in [1.54, 1.807) is 0 Å². The van der Waals surface area contributed by atoms with Crippen molar-refractivity contribution in [1.82, 2.24) is 19.7 Å². The molecule has 1 aliphatic rings. The van der Waals surface area contributed by atoms with E-state index < -0.39 is 0 Å². The molecule has 30 heavy (non-hydrogen) atoms. The smallest absolute Gasteiger partial charge is 0.192 e. The average Bonchev–Trinajstić information content (AvgIpc) is 3.42. The van der Waals surface area contributed by atoms with Crippen LogP contribution in [-0.4, -0.2) is 25.5 Å². The van der Waals surface area contributed by atoms with E-state index in [0.717, 1.165) is 39.4 Å². The fourth-order valence-electron chi connectivity index (χ4n) is 3.99. The number of nitrogens with one attached hydrogen (secondary N) is 1.